The summed E-state index contributed by atoms with van der Waals surface area (Å²) in [7, 11) is -2.77. The van der Waals surface area contributed by atoms with Crippen LogP contribution in [0, 0.1) is 0 Å². The summed E-state index contributed by atoms with van der Waals surface area (Å²) >= 11 is 0. The van der Waals surface area contributed by atoms with Gasteiger partial charge in [-0.05, 0) is 32.2 Å². The maximum atomic E-state index is 11.0. The molecule has 0 heterocycles. The highest BCUT2D eigenvalue weighted by Gasteiger charge is 2.07. The molecule has 0 aromatic rings. The maximum absolute atomic E-state index is 11.0. The largest absolute Gasteiger partial charge is 0.314 e. The Morgan fingerprint density at radius 3 is 2.25 bits per heavy atom. The highest BCUT2D eigenvalue weighted by Crippen LogP contribution is 2.08. The van der Waals surface area contributed by atoms with Crippen molar-refractivity contribution in [2.45, 2.75) is 58.4 Å². The number of hydrogen-bond acceptors (Lipinski definition) is 3. The predicted molar refractivity (Wildman–Crippen MR) is 70.6 cm³/mol. The molecule has 0 saturated heterocycles. The molecule has 98 valence electrons. The Bertz CT molecular complexity index is 250. The van der Waals surface area contributed by atoms with Crippen molar-refractivity contribution in [1.29, 1.82) is 0 Å². The number of nitrogens with one attached hydrogen (secondary N) is 1. The molecular weight excluding hydrogens is 222 g/mol. The highest BCUT2D eigenvalue weighted by molar-refractivity contribution is 7.90. The smallest absolute Gasteiger partial charge is 0.147 e. The van der Waals surface area contributed by atoms with E-state index in [1.807, 2.05) is 0 Å². The van der Waals surface area contributed by atoms with E-state index in [1.54, 1.807) is 0 Å². The summed E-state index contributed by atoms with van der Waals surface area (Å²) in [6.07, 6.45) is 7.76. The highest BCUT2D eigenvalue weighted by atomic mass is 32.2. The standard InChI is InChI=1S/C12H27NO2S/c1-4-8-12(13-10-5-2)9-6-7-11-16(3,14)15/h12-13H,4-11H2,1-3H3. The van der Waals surface area contributed by atoms with Crippen LogP contribution in [0.1, 0.15) is 52.4 Å². The molecule has 1 unspecified atom stereocenters. The van der Waals surface area contributed by atoms with E-state index in [1.165, 1.54) is 19.1 Å². The first kappa shape index (κ1) is 15.9. The quantitative estimate of drug-likeness (QED) is 0.605. The summed E-state index contributed by atoms with van der Waals surface area (Å²) in [5.74, 6) is 0.333. The lowest BCUT2D eigenvalue weighted by atomic mass is 10.1. The number of rotatable bonds is 10. The summed E-state index contributed by atoms with van der Waals surface area (Å²) in [6.45, 7) is 5.42. The first-order valence-electron chi connectivity index (χ1n) is 6.40. The van der Waals surface area contributed by atoms with Crippen LogP contribution in [0.5, 0.6) is 0 Å². The van der Waals surface area contributed by atoms with Gasteiger partial charge in [-0.1, -0.05) is 26.7 Å². The third-order valence-electron chi connectivity index (χ3n) is 2.64. The van der Waals surface area contributed by atoms with E-state index in [4.69, 9.17) is 0 Å². The Hall–Kier alpha value is -0.0900. The fourth-order valence-corrected chi connectivity index (χ4v) is 2.53. The summed E-state index contributed by atoms with van der Waals surface area (Å²) in [5.41, 5.74) is 0. The van der Waals surface area contributed by atoms with E-state index in [9.17, 15) is 8.42 Å². The molecule has 0 aliphatic carbocycles. The second-order valence-electron chi connectivity index (χ2n) is 4.57. The molecule has 0 radical (unpaired) electrons. The fraction of sp³-hybridized carbons (Fsp3) is 1.00. The van der Waals surface area contributed by atoms with Gasteiger partial charge >= 0.3 is 0 Å². The van der Waals surface area contributed by atoms with Gasteiger partial charge in [0.15, 0.2) is 0 Å². The molecule has 4 heteroatoms. The second kappa shape index (κ2) is 8.99. The van der Waals surface area contributed by atoms with E-state index < -0.39 is 9.84 Å². The molecule has 0 aliphatic heterocycles. The minimum atomic E-state index is -2.77. The summed E-state index contributed by atoms with van der Waals surface area (Å²) in [5, 5.41) is 3.52. The van der Waals surface area contributed by atoms with E-state index in [-0.39, 0.29) is 0 Å². The van der Waals surface area contributed by atoms with Gasteiger partial charge in [-0.3, -0.25) is 0 Å². The number of sulfone groups is 1. The van der Waals surface area contributed by atoms with Crippen molar-refractivity contribution in [2.24, 2.45) is 0 Å². The van der Waals surface area contributed by atoms with Crippen LogP contribution in [-0.2, 0) is 9.84 Å². The Balaban J connectivity index is 3.66. The Morgan fingerprint density at radius 2 is 1.75 bits per heavy atom. The molecule has 1 N–H and O–H groups in total. The minimum Gasteiger partial charge on any atom is -0.314 e. The Labute approximate surface area is 101 Å². The predicted octanol–water partition coefficient (Wildman–Crippen LogP) is 2.37. The zero-order valence-electron chi connectivity index (χ0n) is 11.0. The Kier molecular flexibility index (Phi) is 8.94. The molecule has 0 fully saturated rings. The molecule has 1 atom stereocenters. The van der Waals surface area contributed by atoms with Gasteiger partial charge in [0, 0.05) is 18.1 Å². The molecule has 0 spiro atoms. The lowest BCUT2D eigenvalue weighted by Crippen LogP contribution is -2.29. The summed E-state index contributed by atoms with van der Waals surface area (Å²) in [6, 6.07) is 0.574. The number of unbranched alkanes of at least 4 members (excludes halogenated alkanes) is 1. The third-order valence-corrected chi connectivity index (χ3v) is 3.67. The molecule has 0 aromatic carbocycles. The normalized spacial score (nSPS) is 13.9. The van der Waals surface area contributed by atoms with Crippen molar-refractivity contribution < 1.29 is 8.42 Å². The van der Waals surface area contributed by atoms with E-state index in [0.717, 1.165) is 32.2 Å². The van der Waals surface area contributed by atoms with E-state index >= 15 is 0 Å². The van der Waals surface area contributed by atoms with Crippen LogP contribution >= 0.6 is 0 Å². The van der Waals surface area contributed by atoms with Crippen LogP contribution in [0.25, 0.3) is 0 Å². The van der Waals surface area contributed by atoms with Gasteiger partial charge in [0.2, 0.25) is 0 Å². The van der Waals surface area contributed by atoms with Crippen LogP contribution in [0.3, 0.4) is 0 Å². The molecular formula is C12H27NO2S. The van der Waals surface area contributed by atoms with Gasteiger partial charge in [-0.2, -0.15) is 0 Å². The lowest BCUT2D eigenvalue weighted by Gasteiger charge is -2.17. The molecule has 0 saturated carbocycles. The van der Waals surface area contributed by atoms with Crippen molar-refractivity contribution in [3.05, 3.63) is 0 Å². The zero-order valence-corrected chi connectivity index (χ0v) is 11.8. The van der Waals surface area contributed by atoms with Crippen LogP contribution in [0.2, 0.25) is 0 Å². The molecule has 0 rings (SSSR count). The monoisotopic (exact) mass is 249 g/mol. The maximum Gasteiger partial charge on any atom is 0.147 e. The van der Waals surface area contributed by atoms with Crippen molar-refractivity contribution in [3.8, 4) is 0 Å². The van der Waals surface area contributed by atoms with Crippen LogP contribution in [0.4, 0.5) is 0 Å². The molecule has 0 aliphatic rings. The second-order valence-corrected chi connectivity index (χ2v) is 6.83. The first-order valence-corrected chi connectivity index (χ1v) is 8.46. The molecule has 16 heavy (non-hydrogen) atoms. The average molecular weight is 249 g/mol. The fourth-order valence-electron chi connectivity index (χ4n) is 1.80. The minimum absolute atomic E-state index is 0.333. The zero-order chi connectivity index (χ0) is 12.4. The van der Waals surface area contributed by atoms with Gasteiger partial charge in [-0.15, -0.1) is 0 Å². The van der Waals surface area contributed by atoms with Crippen LogP contribution < -0.4 is 5.32 Å². The Morgan fingerprint density at radius 1 is 1.06 bits per heavy atom. The lowest BCUT2D eigenvalue weighted by molar-refractivity contribution is 0.435. The van der Waals surface area contributed by atoms with Crippen molar-refractivity contribution in [3.63, 3.8) is 0 Å². The van der Waals surface area contributed by atoms with Gasteiger partial charge < -0.3 is 5.32 Å². The molecule has 3 nitrogen and oxygen atoms in total. The van der Waals surface area contributed by atoms with Gasteiger partial charge in [-0.25, -0.2) is 8.42 Å². The topological polar surface area (TPSA) is 46.2 Å². The van der Waals surface area contributed by atoms with Gasteiger partial charge in [0.1, 0.15) is 9.84 Å². The molecule has 0 bridgehead atoms. The number of hydrogen-bond donors (Lipinski definition) is 1. The van der Waals surface area contributed by atoms with Crippen molar-refractivity contribution in [1.82, 2.24) is 5.32 Å². The summed E-state index contributed by atoms with van der Waals surface area (Å²) < 4.78 is 21.9. The molecule has 0 amide bonds. The SMILES string of the molecule is CCCNC(CCC)CCCCS(C)(=O)=O. The first-order chi connectivity index (χ1) is 7.49. The summed E-state index contributed by atoms with van der Waals surface area (Å²) in [4.78, 5) is 0. The van der Waals surface area contributed by atoms with E-state index in [2.05, 4.69) is 19.2 Å². The van der Waals surface area contributed by atoms with Crippen LogP contribution in [-0.4, -0.2) is 33.0 Å². The average Bonchev–Trinajstić information content (AvgIpc) is 2.19. The van der Waals surface area contributed by atoms with Crippen molar-refractivity contribution in [2.75, 3.05) is 18.6 Å². The van der Waals surface area contributed by atoms with Crippen LogP contribution in [0.15, 0.2) is 0 Å². The van der Waals surface area contributed by atoms with Gasteiger partial charge in [0.25, 0.3) is 0 Å². The van der Waals surface area contributed by atoms with Crippen molar-refractivity contribution >= 4 is 9.84 Å². The third kappa shape index (κ3) is 10.4. The van der Waals surface area contributed by atoms with E-state index in [0.29, 0.717) is 11.8 Å². The van der Waals surface area contributed by atoms with Gasteiger partial charge in [0.05, 0.1) is 0 Å². The molecule has 0 aromatic heterocycles.